The highest BCUT2D eigenvalue weighted by Gasteiger charge is 2.23. The summed E-state index contributed by atoms with van der Waals surface area (Å²) in [6, 6.07) is 4.34. The molecule has 1 saturated carbocycles. The second-order valence-corrected chi connectivity index (χ2v) is 9.60. The van der Waals surface area contributed by atoms with Crippen molar-refractivity contribution >= 4 is 45.1 Å². The fourth-order valence-electron chi connectivity index (χ4n) is 3.19. The minimum Gasteiger partial charge on any atom is -0.453 e. The van der Waals surface area contributed by atoms with E-state index in [1.54, 1.807) is 0 Å². The van der Waals surface area contributed by atoms with Gasteiger partial charge >= 0.3 is 5.97 Å². The summed E-state index contributed by atoms with van der Waals surface area (Å²) in [6.45, 7) is 1.86. The molecule has 0 spiro atoms. The van der Waals surface area contributed by atoms with Gasteiger partial charge in [0, 0.05) is 13.1 Å². The lowest BCUT2D eigenvalue weighted by Crippen LogP contribution is -2.39. The van der Waals surface area contributed by atoms with Gasteiger partial charge in [-0.25, -0.2) is 13.1 Å². The molecule has 2 rings (SSSR count). The van der Waals surface area contributed by atoms with Crippen LogP contribution in [0, 0.1) is 5.92 Å². The summed E-state index contributed by atoms with van der Waals surface area (Å²) in [5.74, 6) is -0.563. The van der Waals surface area contributed by atoms with E-state index in [0.717, 1.165) is 12.8 Å². The van der Waals surface area contributed by atoms with Crippen LogP contribution in [0.15, 0.2) is 23.1 Å². The molecule has 0 heterocycles. The smallest absolute Gasteiger partial charge is 0.307 e. The van der Waals surface area contributed by atoms with E-state index >= 15 is 0 Å². The number of esters is 1. The van der Waals surface area contributed by atoms with Crippen molar-refractivity contribution < 1.29 is 22.7 Å². The number of amides is 1. The molecular formula is C19H26Cl2N2O5S. The summed E-state index contributed by atoms with van der Waals surface area (Å²) >= 11 is 11.8. The highest BCUT2D eigenvalue weighted by atomic mass is 35.5. The summed E-state index contributed by atoms with van der Waals surface area (Å²) in [5, 5.41) is 2.78. The molecule has 29 heavy (non-hydrogen) atoms. The third kappa shape index (κ3) is 7.44. The van der Waals surface area contributed by atoms with Crippen LogP contribution in [0.1, 0.15) is 45.4 Å². The second kappa shape index (κ2) is 11.2. The van der Waals surface area contributed by atoms with Crippen LogP contribution in [0.2, 0.25) is 10.0 Å². The number of carbonyl (C=O) groups excluding carboxylic acids is 2. The number of ether oxygens (including phenoxy) is 1. The number of hydrogen-bond donors (Lipinski definition) is 2. The molecule has 7 nitrogen and oxygen atoms in total. The van der Waals surface area contributed by atoms with Gasteiger partial charge in [0.05, 0.1) is 16.5 Å². The standard InChI is InChI=1S/C19H26Cl2N2O5S/c1-13(19(25)22-12-14-6-3-2-4-7-14)28-17(24)10-11-23-29(26,27)18-15(20)8-5-9-16(18)21/h5,8-9,13-14,23H,2-4,6-7,10-12H2,1H3,(H,22,25). The summed E-state index contributed by atoms with van der Waals surface area (Å²) < 4.78 is 32.0. The van der Waals surface area contributed by atoms with Crippen LogP contribution in [0.25, 0.3) is 0 Å². The van der Waals surface area contributed by atoms with Crippen LogP contribution in [0.5, 0.6) is 0 Å². The third-order valence-corrected chi connectivity index (χ3v) is 7.19. The van der Waals surface area contributed by atoms with E-state index in [4.69, 9.17) is 27.9 Å². The Hall–Kier alpha value is -1.35. The maximum absolute atomic E-state index is 12.3. The quantitative estimate of drug-likeness (QED) is 0.545. The van der Waals surface area contributed by atoms with Crippen LogP contribution >= 0.6 is 23.2 Å². The average molecular weight is 465 g/mol. The van der Waals surface area contributed by atoms with Gasteiger partial charge in [0.15, 0.2) is 6.10 Å². The van der Waals surface area contributed by atoms with Gasteiger partial charge in [-0.15, -0.1) is 0 Å². The minimum atomic E-state index is -3.98. The van der Waals surface area contributed by atoms with Gasteiger partial charge in [0.1, 0.15) is 4.90 Å². The molecule has 1 aliphatic rings. The molecule has 1 unspecified atom stereocenters. The average Bonchev–Trinajstić information content (AvgIpc) is 2.66. The predicted octanol–water partition coefficient (Wildman–Crippen LogP) is 3.29. The van der Waals surface area contributed by atoms with Crippen molar-refractivity contribution in [1.82, 2.24) is 10.0 Å². The Labute approximate surface area is 181 Å². The van der Waals surface area contributed by atoms with E-state index in [0.29, 0.717) is 12.5 Å². The fourth-order valence-corrected chi connectivity index (χ4v) is 5.36. The zero-order valence-corrected chi connectivity index (χ0v) is 18.6. The third-order valence-electron chi connectivity index (χ3n) is 4.78. The number of carbonyl (C=O) groups is 2. The molecule has 1 atom stereocenters. The fraction of sp³-hybridized carbons (Fsp3) is 0.579. The van der Waals surface area contributed by atoms with E-state index in [9.17, 15) is 18.0 Å². The summed E-state index contributed by atoms with van der Waals surface area (Å²) in [6.07, 6.45) is 4.63. The topological polar surface area (TPSA) is 102 Å². The van der Waals surface area contributed by atoms with Gasteiger partial charge < -0.3 is 10.1 Å². The van der Waals surface area contributed by atoms with Gasteiger partial charge in [0.2, 0.25) is 10.0 Å². The molecule has 0 radical (unpaired) electrons. The molecule has 0 aromatic heterocycles. The largest absolute Gasteiger partial charge is 0.453 e. The number of rotatable bonds is 9. The lowest BCUT2D eigenvalue weighted by Gasteiger charge is -2.22. The van der Waals surface area contributed by atoms with Crippen molar-refractivity contribution in [2.24, 2.45) is 5.92 Å². The van der Waals surface area contributed by atoms with E-state index < -0.39 is 22.1 Å². The van der Waals surface area contributed by atoms with Crippen LogP contribution < -0.4 is 10.0 Å². The number of hydrogen-bond acceptors (Lipinski definition) is 5. The molecule has 1 aromatic rings. The first-order chi connectivity index (χ1) is 13.7. The van der Waals surface area contributed by atoms with Crippen molar-refractivity contribution in [3.8, 4) is 0 Å². The Balaban J connectivity index is 1.75. The minimum absolute atomic E-state index is 0.0177. The summed E-state index contributed by atoms with van der Waals surface area (Å²) in [7, 11) is -3.98. The normalized spacial score (nSPS) is 16.2. The Kier molecular flexibility index (Phi) is 9.20. The number of nitrogens with one attached hydrogen (secondary N) is 2. The van der Waals surface area contributed by atoms with Crippen LogP contribution in [-0.4, -0.2) is 39.5 Å². The van der Waals surface area contributed by atoms with E-state index in [2.05, 4.69) is 10.0 Å². The molecule has 1 amide bonds. The first-order valence-corrected chi connectivity index (χ1v) is 11.9. The second-order valence-electron chi connectivity index (χ2n) is 7.08. The molecular weight excluding hydrogens is 439 g/mol. The van der Waals surface area contributed by atoms with Crippen LogP contribution in [0.3, 0.4) is 0 Å². The van der Waals surface area contributed by atoms with Crippen molar-refractivity contribution in [2.45, 2.75) is 56.4 Å². The number of benzene rings is 1. The molecule has 1 aromatic carbocycles. The monoisotopic (exact) mass is 464 g/mol. The van der Waals surface area contributed by atoms with E-state index in [-0.39, 0.29) is 33.8 Å². The first kappa shape index (κ1) is 23.9. The molecule has 1 aliphatic carbocycles. The summed E-state index contributed by atoms with van der Waals surface area (Å²) in [4.78, 5) is 23.8. The number of halogens is 2. The number of sulfonamides is 1. The van der Waals surface area contributed by atoms with Gasteiger partial charge in [-0.1, -0.05) is 48.5 Å². The molecule has 1 fully saturated rings. The molecule has 0 bridgehead atoms. The highest BCUT2D eigenvalue weighted by molar-refractivity contribution is 7.89. The molecule has 10 heteroatoms. The summed E-state index contributed by atoms with van der Waals surface area (Å²) in [5.41, 5.74) is 0. The first-order valence-electron chi connectivity index (χ1n) is 9.61. The molecule has 0 aliphatic heterocycles. The van der Waals surface area contributed by atoms with Gasteiger partial charge in [-0.3, -0.25) is 9.59 Å². The van der Waals surface area contributed by atoms with Gasteiger partial charge in [-0.2, -0.15) is 0 Å². The SMILES string of the molecule is CC(OC(=O)CCNS(=O)(=O)c1c(Cl)cccc1Cl)C(=O)NCC1CCCCC1. The van der Waals surface area contributed by atoms with Gasteiger partial charge in [0.25, 0.3) is 5.91 Å². The van der Waals surface area contributed by atoms with Crippen molar-refractivity contribution in [2.75, 3.05) is 13.1 Å². The van der Waals surface area contributed by atoms with Gasteiger partial charge in [-0.05, 0) is 37.8 Å². The predicted molar refractivity (Wildman–Crippen MR) is 111 cm³/mol. The van der Waals surface area contributed by atoms with Crippen molar-refractivity contribution in [1.29, 1.82) is 0 Å². The highest BCUT2D eigenvalue weighted by Crippen LogP contribution is 2.28. The van der Waals surface area contributed by atoms with E-state index in [1.165, 1.54) is 44.4 Å². The van der Waals surface area contributed by atoms with Crippen molar-refractivity contribution in [3.63, 3.8) is 0 Å². The molecule has 2 N–H and O–H groups in total. The van der Waals surface area contributed by atoms with Crippen molar-refractivity contribution in [3.05, 3.63) is 28.2 Å². The maximum Gasteiger partial charge on any atom is 0.307 e. The lowest BCUT2D eigenvalue weighted by atomic mass is 9.89. The van der Waals surface area contributed by atoms with E-state index in [1.807, 2.05) is 0 Å². The van der Waals surface area contributed by atoms with Crippen LogP contribution in [-0.2, 0) is 24.3 Å². The molecule has 0 saturated heterocycles. The van der Waals surface area contributed by atoms with Crippen LogP contribution in [0.4, 0.5) is 0 Å². The Morgan fingerprint density at radius 3 is 2.41 bits per heavy atom. The zero-order chi connectivity index (χ0) is 21.4. The Morgan fingerprint density at radius 1 is 1.17 bits per heavy atom. The Morgan fingerprint density at radius 2 is 1.79 bits per heavy atom. The maximum atomic E-state index is 12.3. The lowest BCUT2D eigenvalue weighted by molar-refractivity contribution is -0.154. The molecule has 162 valence electrons. The zero-order valence-electron chi connectivity index (χ0n) is 16.2. The Bertz CT molecular complexity index is 806.